The smallest absolute Gasteiger partial charge is 0.134 e. The van der Waals surface area contributed by atoms with Crippen LogP contribution in [0.15, 0.2) is 45.8 Å². The van der Waals surface area contributed by atoms with Crippen molar-refractivity contribution in [3.8, 4) is 5.75 Å². The third kappa shape index (κ3) is 4.45. The van der Waals surface area contributed by atoms with E-state index in [1.54, 1.807) is 19.2 Å². The van der Waals surface area contributed by atoms with Crippen molar-refractivity contribution in [3.63, 3.8) is 0 Å². The highest BCUT2D eigenvalue weighted by atomic mass is 79.9. The van der Waals surface area contributed by atoms with Gasteiger partial charge >= 0.3 is 0 Å². The van der Waals surface area contributed by atoms with Crippen LogP contribution in [0, 0.1) is 11.2 Å². The number of methoxy groups -OCH3 is 1. The van der Waals surface area contributed by atoms with E-state index in [1.807, 2.05) is 23.9 Å². The van der Waals surface area contributed by atoms with Crippen molar-refractivity contribution in [2.45, 2.75) is 44.4 Å². The number of thioether (sulfide) groups is 1. The van der Waals surface area contributed by atoms with Gasteiger partial charge in [0.25, 0.3) is 0 Å². The van der Waals surface area contributed by atoms with Crippen LogP contribution in [0.3, 0.4) is 0 Å². The van der Waals surface area contributed by atoms with Crippen LogP contribution in [0.4, 0.5) is 15.8 Å². The molecule has 0 aliphatic carbocycles. The second kappa shape index (κ2) is 8.87. The predicted octanol–water partition coefficient (Wildman–Crippen LogP) is 7.43. The van der Waals surface area contributed by atoms with Gasteiger partial charge < -0.3 is 9.64 Å². The largest absolute Gasteiger partial charge is 0.496 e. The average Bonchev–Trinajstić information content (AvgIpc) is 2.84. The molecule has 1 atom stereocenters. The summed E-state index contributed by atoms with van der Waals surface area (Å²) in [6.45, 7) is 5.49. The van der Waals surface area contributed by atoms with E-state index in [1.165, 1.54) is 24.2 Å². The Labute approximate surface area is 174 Å². The maximum atomic E-state index is 13.5. The minimum atomic E-state index is -0.202. The third-order valence-corrected chi connectivity index (χ3v) is 7.51. The quantitative estimate of drug-likeness (QED) is 0.452. The summed E-state index contributed by atoms with van der Waals surface area (Å²) in [7, 11) is 1.70. The first-order chi connectivity index (χ1) is 13.0. The van der Waals surface area contributed by atoms with Gasteiger partial charge in [-0.15, -0.1) is 11.8 Å². The summed E-state index contributed by atoms with van der Waals surface area (Å²) < 4.78 is 20.0. The summed E-state index contributed by atoms with van der Waals surface area (Å²) in [5, 5.41) is 0. The van der Waals surface area contributed by atoms with Crippen LogP contribution < -0.4 is 9.64 Å². The average molecular weight is 452 g/mol. The zero-order chi connectivity index (χ0) is 19.4. The lowest BCUT2D eigenvalue weighted by Gasteiger charge is -2.36. The van der Waals surface area contributed by atoms with E-state index in [9.17, 15) is 4.39 Å². The zero-order valence-electron chi connectivity index (χ0n) is 16.2. The van der Waals surface area contributed by atoms with E-state index in [4.69, 9.17) is 4.74 Å². The Balaban J connectivity index is 2.09. The molecule has 0 N–H and O–H groups in total. The van der Waals surface area contributed by atoms with Crippen LogP contribution >= 0.6 is 27.7 Å². The molecule has 27 heavy (non-hydrogen) atoms. The van der Waals surface area contributed by atoms with Crippen molar-refractivity contribution >= 4 is 39.1 Å². The van der Waals surface area contributed by atoms with Crippen LogP contribution in [0.25, 0.3) is 0 Å². The minimum absolute atomic E-state index is 0.202. The topological polar surface area (TPSA) is 12.5 Å². The summed E-state index contributed by atoms with van der Waals surface area (Å²) in [5.41, 5.74) is 2.42. The molecule has 1 unspecified atom stereocenters. The molecule has 146 valence electrons. The molecule has 1 aliphatic heterocycles. The molecule has 0 spiro atoms. The Morgan fingerprint density at radius 2 is 1.96 bits per heavy atom. The van der Waals surface area contributed by atoms with E-state index >= 15 is 0 Å². The fourth-order valence-corrected chi connectivity index (χ4v) is 5.55. The number of benzene rings is 2. The number of anilines is 2. The Morgan fingerprint density at radius 3 is 2.59 bits per heavy atom. The van der Waals surface area contributed by atoms with E-state index in [2.05, 4.69) is 46.8 Å². The number of rotatable bonds is 6. The van der Waals surface area contributed by atoms with Gasteiger partial charge in [0, 0.05) is 22.9 Å². The standard InChI is InChI=1S/C22H27BrFNOS/c1-4-6-11-22(5-2)14-25(17-9-7-16(24)8-10-17)19-12-18(23)20(26-3)13-21(19)27-15-22/h7-10,12-13H,4-6,11,14-15H2,1-3H3. The molecular formula is C22H27BrFNOS. The van der Waals surface area contributed by atoms with E-state index in [-0.39, 0.29) is 11.2 Å². The van der Waals surface area contributed by atoms with Gasteiger partial charge in [-0.3, -0.25) is 0 Å². The van der Waals surface area contributed by atoms with Gasteiger partial charge in [-0.1, -0.05) is 26.7 Å². The van der Waals surface area contributed by atoms with Crippen LogP contribution in [0.1, 0.15) is 39.5 Å². The highest BCUT2D eigenvalue weighted by Gasteiger charge is 2.35. The third-order valence-electron chi connectivity index (χ3n) is 5.50. The van der Waals surface area contributed by atoms with E-state index in [0.29, 0.717) is 0 Å². The highest BCUT2D eigenvalue weighted by molar-refractivity contribution is 9.10. The summed E-state index contributed by atoms with van der Waals surface area (Å²) >= 11 is 5.55. The first-order valence-corrected chi connectivity index (χ1v) is 11.3. The molecule has 0 fully saturated rings. The Hall–Kier alpha value is -1.20. The summed E-state index contributed by atoms with van der Waals surface area (Å²) in [5.74, 6) is 1.73. The second-order valence-electron chi connectivity index (χ2n) is 7.26. The van der Waals surface area contributed by atoms with Crippen LogP contribution in [0.2, 0.25) is 0 Å². The van der Waals surface area contributed by atoms with E-state index in [0.717, 1.165) is 40.3 Å². The van der Waals surface area contributed by atoms with Crippen LogP contribution in [-0.4, -0.2) is 19.4 Å². The van der Waals surface area contributed by atoms with Gasteiger partial charge in [0.1, 0.15) is 11.6 Å². The molecule has 0 amide bonds. The van der Waals surface area contributed by atoms with Gasteiger partial charge in [-0.2, -0.15) is 0 Å². The molecule has 0 saturated heterocycles. The SMILES string of the molecule is CCCCC1(CC)CSc2cc(OC)c(Br)cc2N(c2ccc(F)cc2)C1. The Morgan fingerprint density at radius 1 is 1.22 bits per heavy atom. The lowest BCUT2D eigenvalue weighted by atomic mass is 9.81. The molecule has 5 heteroatoms. The number of hydrogen-bond donors (Lipinski definition) is 0. The number of unbranched alkanes of at least 4 members (excludes halogenated alkanes) is 1. The van der Waals surface area contributed by atoms with Gasteiger partial charge in [0.2, 0.25) is 0 Å². The van der Waals surface area contributed by atoms with Crippen molar-refractivity contribution in [3.05, 3.63) is 46.7 Å². The molecule has 2 aromatic rings. The number of hydrogen-bond acceptors (Lipinski definition) is 3. The lowest BCUT2D eigenvalue weighted by molar-refractivity contribution is 0.295. The van der Waals surface area contributed by atoms with Crippen LogP contribution in [-0.2, 0) is 0 Å². The van der Waals surface area contributed by atoms with Crippen molar-refractivity contribution < 1.29 is 9.13 Å². The van der Waals surface area contributed by atoms with Crippen molar-refractivity contribution in [2.75, 3.05) is 24.3 Å². The second-order valence-corrected chi connectivity index (χ2v) is 9.13. The maximum absolute atomic E-state index is 13.5. The fraction of sp³-hybridized carbons (Fsp3) is 0.455. The molecule has 0 radical (unpaired) electrons. The van der Waals surface area contributed by atoms with Gasteiger partial charge in [-0.25, -0.2) is 4.39 Å². The van der Waals surface area contributed by atoms with Gasteiger partial charge in [0.15, 0.2) is 0 Å². The highest BCUT2D eigenvalue weighted by Crippen LogP contribution is 2.49. The lowest BCUT2D eigenvalue weighted by Crippen LogP contribution is -2.36. The number of ether oxygens (including phenoxy) is 1. The molecule has 2 aromatic carbocycles. The van der Waals surface area contributed by atoms with Crippen molar-refractivity contribution in [2.24, 2.45) is 5.41 Å². The Bertz CT molecular complexity index is 783. The van der Waals surface area contributed by atoms with Crippen molar-refractivity contribution in [1.29, 1.82) is 0 Å². The minimum Gasteiger partial charge on any atom is -0.496 e. The number of halogens is 2. The van der Waals surface area contributed by atoms with Gasteiger partial charge in [0.05, 0.1) is 17.3 Å². The molecule has 0 aromatic heterocycles. The zero-order valence-corrected chi connectivity index (χ0v) is 18.6. The van der Waals surface area contributed by atoms with Gasteiger partial charge in [-0.05, 0) is 70.6 Å². The molecular weight excluding hydrogens is 425 g/mol. The number of fused-ring (bicyclic) bond motifs is 1. The molecule has 0 saturated carbocycles. The predicted molar refractivity (Wildman–Crippen MR) is 117 cm³/mol. The molecule has 0 bridgehead atoms. The monoisotopic (exact) mass is 451 g/mol. The number of nitrogens with zero attached hydrogens (tertiary/aromatic N) is 1. The normalized spacial score (nSPS) is 19.5. The summed E-state index contributed by atoms with van der Waals surface area (Å²) in [6, 6.07) is 11.1. The maximum Gasteiger partial charge on any atom is 0.134 e. The van der Waals surface area contributed by atoms with Crippen LogP contribution in [0.5, 0.6) is 5.75 Å². The molecule has 1 aliphatic rings. The molecule has 2 nitrogen and oxygen atoms in total. The fourth-order valence-electron chi connectivity index (χ4n) is 3.65. The molecule has 1 heterocycles. The first-order valence-electron chi connectivity index (χ1n) is 9.55. The van der Waals surface area contributed by atoms with Crippen molar-refractivity contribution in [1.82, 2.24) is 0 Å². The first kappa shape index (κ1) is 20.5. The molecule has 3 rings (SSSR count). The summed E-state index contributed by atoms with van der Waals surface area (Å²) in [6.07, 6.45) is 4.77. The Kier molecular flexibility index (Phi) is 6.74. The van der Waals surface area contributed by atoms with E-state index < -0.39 is 0 Å². The summed E-state index contributed by atoms with van der Waals surface area (Å²) in [4.78, 5) is 3.57.